The molecule has 162 valence electrons. The normalized spacial score (nSPS) is 10.9. The second-order valence-corrected chi connectivity index (χ2v) is 9.39. The minimum Gasteiger partial charge on any atom is -0.324 e. The average Bonchev–Trinajstić information content (AvgIpc) is 3.21. The topological polar surface area (TPSA) is 59.8 Å². The van der Waals surface area contributed by atoms with E-state index >= 15 is 0 Å². The van der Waals surface area contributed by atoms with Crippen LogP contribution in [-0.2, 0) is 4.79 Å². The fraction of sp³-hybridized carbons (Fsp3) is 0.160. The van der Waals surface area contributed by atoms with E-state index in [4.69, 9.17) is 0 Å². The Morgan fingerprint density at radius 3 is 2.38 bits per heavy atom. The van der Waals surface area contributed by atoms with Crippen LogP contribution in [-0.4, -0.2) is 26.4 Å². The molecule has 3 aromatic carbocycles. The monoisotopic (exact) mass is 506 g/mol. The average molecular weight is 507 g/mol. The molecule has 32 heavy (non-hydrogen) atoms. The van der Waals surface area contributed by atoms with Crippen LogP contribution in [0.4, 0.5) is 5.69 Å². The van der Waals surface area contributed by atoms with Crippen LogP contribution in [0.3, 0.4) is 0 Å². The van der Waals surface area contributed by atoms with Gasteiger partial charge in [0, 0.05) is 15.7 Å². The van der Waals surface area contributed by atoms with Crippen LogP contribution in [0, 0.1) is 20.8 Å². The fourth-order valence-corrected chi connectivity index (χ4v) is 4.57. The van der Waals surface area contributed by atoms with Gasteiger partial charge < -0.3 is 5.32 Å². The van der Waals surface area contributed by atoms with Gasteiger partial charge in [-0.25, -0.2) is 0 Å². The first-order valence-corrected chi connectivity index (χ1v) is 12.0. The number of amides is 1. The second-order valence-electron chi connectivity index (χ2n) is 7.60. The number of aromatic nitrogens is 3. The molecule has 0 spiro atoms. The Kier molecular flexibility index (Phi) is 6.77. The number of aryl methyl sites for hydroxylation is 3. The summed E-state index contributed by atoms with van der Waals surface area (Å²) < 4.78 is 2.87. The molecule has 1 N–H and O–H groups in total. The van der Waals surface area contributed by atoms with Gasteiger partial charge in [0.15, 0.2) is 11.0 Å². The summed E-state index contributed by atoms with van der Waals surface area (Å²) in [6, 6.07) is 22.1. The molecule has 4 rings (SSSR count). The van der Waals surface area contributed by atoms with Crippen LogP contribution in [0.15, 0.2) is 76.4 Å². The van der Waals surface area contributed by atoms with Crippen molar-refractivity contribution in [3.63, 3.8) is 0 Å². The van der Waals surface area contributed by atoms with Crippen LogP contribution < -0.4 is 5.32 Å². The summed E-state index contributed by atoms with van der Waals surface area (Å²) in [7, 11) is 0. The maximum Gasteiger partial charge on any atom is 0.234 e. The number of hydrogen-bond donors (Lipinski definition) is 1. The zero-order valence-electron chi connectivity index (χ0n) is 18.1. The number of halogens is 1. The molecule has 0 aliphatic rings. The van der Waals surface area contributed by atoms with Gasteiger partial charge in [-0.15, -0.1) is 10.2 Å². The van der Waals surface area contributed by atoms with Gasteiger partial charge in [0.25, 0.3) is 0 Å². The van der Waals surface area contributed by atoms with E-state index in [9.17, 15) is 4.79 Å². The van der Waals surface area contributed by atoms with E-state index in [0.29, 0.717) is 5.16 Å². The Bertz CT molecular complexity index is 1250. The summed E-state index contributed by atoms with van der Waals surface area (Å²) in [5.74, 6) is 0.867. The van der Waals surface area contributed by atoms with Crippen molar-refractivity contribution < 1.29 is 4.79 Å². The third-order valence-electron chi connectivity index (χ3n) is 5.15. The summed E-state index contributed by atoms with van der Waals surface area (Å²) in [6.07, 6.45) is 0. The van der Waals surface area contributed by atoms with Crippen LogP contribution in [0.1, 0.15) is 16.7 Å². The van der Waals surface area contributed by atoms with Crippen LogP contribution in [0.2, 0.25) is 0 Å². The molecule has 0 saturated heterocycles. The Labute approximate surface area is 200 Å². The predicted octanol–water partition coefficient (Wildman–Crippen LogP) is 6.35. The number of rotatable bonds is 6. The Balaban J connectivity index is 1.58. The highest BCUT2D eigenvalue weighted by molar-refractivity contribution is 9.10. The van der Waals surface area contributed by atoms with Gasteiger partial charge in [-0.3, -0.25) is 9.36 Å². The molecule has 1 amide bonds. The molecular weight excluding hydrogens is 484 g/mol. The summed E-state index contributed by atoms with van der Waals surface area (Å²) >= 11 is 4.90. The van der Waals surface area contributed by atoms with Crippen LogP contribution >= 0.6 is 27.7 Å². The summed E-state index contributed by atoms with van der Waals surface area (Å²) in [5.41, 5.74) is 6.17. The number of hydrogen-bond acceptors (Lipinski definition) is 4. The maximum absolute atomic E-state index is 12.7. The minimum absolute atomic E-state index is 0.0985. The SMILES string of the molecule is Cc1ccc(-n2c(SCC(=O)Nc3cc(C)c(C)cc3Br)nnc2-c2ccccc2)cc1. The first kappa shape index (κ1) is 22.3. The van der Waals surface area contributed by atoms with E-state index in [1.54, 1.807) is 0 Å². The maximum atomic E-state index is 12.7. The largest absolute Gasteiger partial charge is 0.324 e. The summed E-state index contributed by atoms with van der Waals surface area (Å²) in [4.78, 5) is 12.7. The highest BCUT2D eigenvalue weighted by Gasteiger charge is 2.17. The molecule has 0 aliphatic carbocycles. The van der Waals surface area contributed by atoms with Crippen molar-refractivity contribution in [3.05, 3.63) is 87.9 Å². The first-order chi connectivity index (χ1) is 15.4. The lowest BCUT2D eigenvalue weighted by molar-refractivity contribution is -0.113. The summed E-state index contributed by atoms with van der Waals surface area (Å²) in [6.45, 7) is 6.13. The second kappa shape index (κ2) is 9.71. The van der Waals surface area contributed by atoms with Gasteiger partial charge in [0.2, 0.25) is 5.91 Å². The molecule has 0 saturated carbocycles. The molecule has 0 unspecified atom stereocenters. The molecule has 0 fully saturated rings. The number of thioether (sulfide) groups is 1. The Morgan fingerprint density at radius 1 is 0.969 bits per heavy atom. The van der Waals surface area contributed by atoms with Gasteiger partial charge in [-0.1, -0.05) is 59.8 Å². The Morgan fingerprint density at radius 2 is 1.66 bits per heavy atom. The van der Waals surface area contributed by atoms with Crippen LogP contribution in [0.5, 0.6) is 0 Å². The van der Waals surface area contributed by atoms with Crippen LogP contribution in [0.25, 0.3) is 17.1 Å². The molecule has 0 aliphatic heterocycles. The van der Waals surface area contributed by atoms with E-state index in [2.05, 4.69) is 50.5 Å². The predicted molar refractivity (Wildman–Crippen MR) is 135 cm³/mol. The third-order valence-corrected chi connectivity index (χ3v) is 6.73. The molecular formula is C25H23BrN4OS. The molecule has 1 aromatic heterocycles. The number of carbonyl (C=O) groups is 1. The highest BCUT2D eigenvalue weighted by Crippen LogP contribution is 2.29. The highest BCUT2D eigenvalue weighted by atomic mass is 79.9. The molecule has 5 nitrogen and oxygen atoms in total. The van der Waals surface area contributed by atoms with Crippen molar-refractivity contribution in [2.24, 2.45) is 0 Å². The number of nitrogens with zero attached hydrogens (tertiary/aromatic N) is 3. The van der Waals surface area contributed by atoms with Gasteiger partial charge in [0.05, 0.1) is 11.4 Å². The van der Waals surface area contributed by atoms with E-state index in [1.165, 1.54) is 22.9 Å². The fourth-order valence-electron chi connectivity index (χ4n) is 3.26. The Hall–Kier alpha value is -2.90. The lowest BCUT2D eigenvalue weighted by Gasteiger charge is -2.12. The van der Waals surface area contributed by atoms with Crippen molar-refractivity contribution in [3.8, 4) is 17.1 Å². The zero-order chi connectivity index (χ0) is 22.7. The molecule has 0 atom stereocenters. The lowest BCUT2D eigenvalue weighted by atomic mass is 10.1. The standard InChI is InChI=1S/C25H23BrN4OS/c1-16-9-11-20(12-10-16)30-24(19-7-5-4-6-8-19)28-29-25(30)32-15-23(31)27-22-14-18(3)17(2)13-21(22)26/h4-14H,15H2,1-3H3,(H,27,31). The van der Waals surface area contributed by atoms with Crippen molar-refractivity contribution in [1.82, 2.24) is 14.8 Å². The van der Waals surface area contributed by atoms with Gasteiger partial charge in [-0.2, -0.15) is 0 Å². The van der Waals surface area contributed by atoms with Crippen molar-refractivity contribution in [1.29, 1.82) is 0 Å². The quantitative estimate of drug-likeness (QED) is 0.309. The van der Waals surface area contributed by atoms with E-state index in [0.717, 1.165) is 32.8 Å². The number of carbonyl (C=O) groups excluding carboxylic acids is 1. The van der Waals surface area contributed by atoms with Gasteiger partial charge in [0.1, 0.15) is 0 Å². The number of nitrogens with one attached hydrogen (secondary N) is 1. The zero-order valence-corrected chi connectivity index (χ0v) is 20.5. The molecule has 0 radical (unpaired) electrons. The molecule has 0 bridgehead atoms. The minimum atomic E-state index is -0.0985. The molecule has 4 aromatic rings. The number of anilines is 1. The molecule has 7 heteroatoms. The van der Waals surface area contributed by atoms with Crippen molar-refractivity contribution in [2.75, 3.05) is 11.1 Å². The van der Waals surface area contributed by atoms with E-state index in [-0.39, 0.29) is 11.7 Å². The van der Waals surface area contributed by atoms with Gasteiger partial charge >= 0.3 is 0 Å². The van der Waals surface area contributed by atoms with Gasteiger partial charge in [-0.05, 0) is 72.1 Å². The smallest absolute Gasteiger partial charge is 0.234 e. The lowest BCUT2D eigenvalue weighted by Crippen LogP contribution is -2.15. The van der Waals surface area contributed by atoms with Crippen molar-refractivity contribution >= 4 is 39.3 Å². The summed E-state index contributed by atoms with van der Waals surface area (Å²) in [5, 5.41) is 12.5. The third kappa shape index (κ3) is 4.95. The van der Waals surface area contributed by atoms with E-state index in [1.807, 2.05) is 73.0 Å². The van der Waals surface area contributed by atoms with Crippen molar-refractivity contribution in [2.45, 2.75) is 25.9 Å². The molecule has 1 heterocycles. The van der Waals surface area contributed by atoms with E-state index < -0.39 is 0 Å². The first-order valence-electron chi connectivity index (χ1n) is 10.2. The number of benzene rings is 3.